The van der Waals surface area contributed by atoms with Crippen molar-refractivity contribution in [2.24, 2.45) is 0 Å². The van der Waals surface area contributed by atoms with Crippen molar-refractivity contribution in [3.63, 3.8) is 0 Å². The zero-order valence-corrected chi connectivity index (χ0v) is 17.9. The summed E-state index contributed by atoms with van der Waals surface area (Å²) in [6, 6.07) is 19.4. The molecule has 2 aromatic heterocycles. The number of methoxy groups -OCH3 is 1. The lowest BCUT2D eigenvalue weighted by molar-refractivity contribution is 0.284. The molecular weight excluding hydrogens is 428 g/mol. The second-order valence-corrected chi connectivity index (χ2v) is 7.54. The van der Waals surface area contributed by atoms with E-state index in [0.29, 0.717) is 34.9 Å². The first-order chi connectivity index (χ1) is 15.7. The van der Waals surface area contributed by atoms with Crippen LogP contribution in [0.3, 0.4) is 0 Å². The minimum absolute atomic E-state index is 0.393. The lowest BCUT2D eigenvalue weighted by atomic mass is 10.1. The van der Waals surface area contributed by atoms with Crippen molar-refractivity contribution < 1.29 is 13.9 Å². The molecule has 0 saturated carbocycles. The van der Waals surface area contributed by atoms with Gasteiger partial charge < -0.3 is 19.2 Å². The van der Waals surface area contributed by atoms with Crippen LogP contribution in [-0.4, -0.2) is 22.3 Å². The Morgan fingerprint density at radius 2 is 1.88 bits per heavy atom. The van der Waals surface area contributed by atoms with Crippen LogP contribution in [0.1, 0.15) is 5.56 Å². The molecule has 0 fully saturated rings. The van der Waals surface area contributed by atoms with E-state index in [1.807, 2.05) is 60.7 Å². The Labute approximate surface area is 189 Å². The lowest BCUT2D eigenvalue weighted by Gasteiger charge is -2.12. The Hall–Kier alpha value is -3.97. The number of benzene rings is 3. The Morgan fingerprint density at radius 3 is 2.72 bits per heavy atom. The van der Waals surface area contributed by atoms with E-state index < -0.39 is 0 Å². The number of rotatable bonds is 7. The molecule has 8 heteroatoms. The molecule has 2 N–H and O–H groups in total. The third kappa shape index (κ3) is 4.24. The van der Waals surface area contributed by atoms with Gasteiger partial charge in [-0.05, 0) is 54.1 Å². The summed E-state index contributed by atoms with van der Waals surface area (Å²) in [6.07, 6.45) is 3.44. The van der Waals surface area contributed by atoms with Crippen molar-refractivity contribution in [1.82, 2.24) is 15.2 Å². The van der Waals surface area contributed by atoms with Crippen molar-refractivity contribution in [3.8, 4) is 22.8 Å². The molecule has 7 nitrogen and oxygen atoms in total. The van der Waals surface area contributed by atoms with Gasteiger partial charge in [-0.1, -0.05) is 23.7 Å². The Kier molecular flexibility index (Phi) is 5.39. The van der Waals surface area contributed by atoms with Crippen LogP contribution in [0.5, 0.6) is 11.5 Å². The van der Waals surface area contributed by atoms with E-state index in [1.165, 1.54) is 0 Å². The van der Waals surface area contributed by atoms with Gasteiger partial charge >= 0.3 is 0 Å². The second-order valence-electron chi connectivity index (χ2n) is 7.11. The van der Waals surface area contributed by atoms with Gasteiger partial charge in [-0.3, -0.25) is 5.10 Å². The van der Waals surface area contributed by atoms with Gasteiger partial charge in [-0.15, -0.1) is 0 Å². The molecule has 0 amide bonds. The van der Waals surface area contributed by atoms with Crippen LogP contribution in [-0.2, 0) is 6.61 Å². The van der Waals surface area contributed by atoms with Crippen LogP contribution in [0.15, 0.2) is 77.5 Å². The number of oxazole rings is 1. The molecule has 3 aromatic carbocycles. The number of nitrogens with one attached hydrogen (secondary N) is 2. The van der Waals surface area contributed by atoms with Crippen molar-refractivity contribution in [2.45, 2.75) is 6.61 Å². The van der Waals surface area contributed by atoms with Gasteiger partial charge in [-0.2, -0.15) is 5.10 Å². The molecular formula is C24H19ClN4O3. The Morgan fingerprint density at radius 1 is 1.00 bits per heavy atom. The predicted molar refractivity (Wildman–Crippen MR) is 124 cm³/mol. The van der Waals surface area contributed by atoms with Gasteiger partial charge in [-0.25, -0.2) is 4.98 Å². The highest BCUT2D eigenvalue weighted by molar-refractivity contribution is 6.30. The maximum Gasteiger partial charge on any atom is 0.299 e. The number of fused-ring (bicyclic) bond motifs is 1. The van der Waals surface area contributed by atoms with Crippen molar-refractivity contribution in [3.05, 3.63) is 83.6 Å². The third-order valence-electron chi connectivity index (χ3n) is 4.95. The molecule has 0 aliphatic rings. The maximum absolute atomic E-state index is 5.93. The topological polar surface area (TPSA) is 85.2 Å². The average molecular weight is 447 g/mol. The van der Waals surface area contributed by atoms with E-state index in [-0.39, 0.29) is 0 Å². The molecule has 5 rings (SSSR count). The van der Waals surface area contributed by atoms with Crippen molar-refractivity contribution >= 4 is 34.2 Å². The van der Waals surface area contributed by atoms with Crippen LogP contribution >= 0.6 is 11.6 Å². The minimum Gasteiger partial charge on any atom is -0.493 e. The summed E-state index contributed by atoms with van der Waals surface area (Å²) < 4.78 is 17.3. The zero-order chi connectivity index (χ0) is 21.9. The quantitative estimate of drug-likeness (QED) is 0.309. The summed E-state index contributed by atoms with van der Waals surface area (Å²) in [5, 5.41) is 11.8. The molecule has 0 saturated heterocycles. The first-order valence-electron chi connectivity index (χ1n) is 9.89. The SMILES string of the molecule is COc1cc(-c2cnc(Nc3ccc4[nH]ncc4c3)o2)ccc1OCc1ccc(Cl)cc1. The standard InChI is InChI=1S/C24H19ClN4O3/c1-30-22-11-16(4-9-21(22)31-14-15-2-5-18(25)6-3-15)23-13-26-24(32-23)28-19-7-8-20-17(10-19)12-27-29-20/h2-13H,14H2,1H3,(H,26,28)(H,27,29). The summed E-state index contributed by atoms with van der Waals surface area (Å²) in [7, 11) is 1.60. The normalized spacial score (nSPS) is 10.9. The smallest absolute Gasteiger partial charge is 0.299 e. The molecule has 0 aliphatic carbocycles. The maximum atomic E-state index is 5.93. The van der Waals surface area contributed by atoms with Crippen LogP contribution in [0.4, 0.5) is 11.7 Å². The van der Waals surface area contributed by atoms with Gasteiger partial charge in [0.1, 0.15) is 6.61 Å². The van der Waals surface area contributed by atoms with Gasteiger partial charge in [0, 0.05) is 21.7 Å². The summed E-state index contributed by atoms with van der Waals surface area (Å²) in [5.41, 5.74) is 3.66. The first-order valence-corrected chi connectivity index (χ1v) is 10.3. The number of ether oxygens (including phenoxy) is 2. The lowest BCUT2D eigenvalue weighted by Crippen LogP contribution is -1.97. The fourth-order valence-corrected chi connectivity index (χ4v) is 3.42. The fourth-order valence-electron chi connectivity index (χ4n) is 3.29. The summed E-state index contributed by atoms with van der Waals surface area (Å²) in [5.74, 6) is 1.85. The molecule has 0 aliphatic heterocycles. The molecule has 0 spiro atoms. The first kappa shape index (κ1) is 20.0. The van der Waals surface area contributed by atoms with Crippen molar-refractivity contribution in [1.29, 1.82) is 0 Å². The number of halogens is 1. The molecule has 160 valence electrons. The highest BCUT2D eigenvalue weighted by Crippen LogP contribution is 2.34. The number of H-pyrrole nitrogens is 1. The van der Waals surface area contributed by atoms with Gasteiger partial charge in [0.05, 0.1) is 25.0 Å². The van der Waals surface area contributed by atoms with E-state index >= 15 is 0 Å². The monoisotopic (exact) mass is 446 g/mol. The number of hydrogen-bond donors (Lipinski definition) is 2. The van der Waals surface area contributed by atoms with Gasteiger partial charge in [0.2, 0.25) is 0 Å². The van der Waals surface area contributed by atoms with E-state index in [1.54, 1.807) is 19.5 Å². The number of aromatic amines is 1. The number of hydrogen-bond acceptors (Lipinski definition) is 6. The molecule has 0 bridgehead atoms. The van der Waals surface area contributed by atoms with E-state index in [9.17, 15) is 0 Å². The van der Waals surface area contributed by atoms with Gasteiger partial charge in [0.15, 0.2) is 17.3 Å². The van der Waals surface area contributed by atoms with Gasteiger partial charge in [0.25, 0.3) is 6.01 Å². The molecule has 0 radical (unpaired) electrons. The summed E-state index contributed by atoms with van der Waals surface area (Å²) in [6.45, 7) is 0.407. The third-order valence-corrected chi connectivity index (χ3v) is 5.20. The predicted octanol–water partition coefficient (Wildman–Crippen LogP) is 6.20. The second kappa shape index (κ2) is 8.64. The zero-order valence-electron chi connectivity index (χ0n) is 17.1. The highest BCUT2D eigenvalue weighted by Gasteiger charge is 2.12. The molecule has 0 unspecified atom stereocenters. The number of anilines is 2. The number of aromatic nitrogens is 3. The van der Waals surface area contributed by atoms with Crippen LogP contribution in [0.2, 0.25) is 5.02 Å². The molecule has 2 heterocycles. The molecule has 0 atom stereocenters. The number of nitrogens with zero attached hydrogens (tertiary/aromatic N) is 2. The largest absolute Gasteiger partial charge is 0.493 e. The average Bonchev–Trinajstić information content (AvgIpc) is 3.48. The fraction of sp³-hybridized carbons (Fsp3) is 0.0833. The van der Waals surface area contributed by atoms with E-state index in [2.05, 4.69) is 20.5 Å². The molecule has 5 aromatic rings. The van der Waals surface area contributed by atoms with Crippen LogP contribution < -0.4 is 14.8 Å². The van der Waals surface area contributed by atoms with Crippen molar-refractivity contribution in [2.75, 3.05) is 12.4 Å². The molecule has 32 heavy (non-hydrogen) atoms. The minimum atomic E-state index is 0.393. The summed E-state index contributed by atoms with van der Waals surface area (Å²) >= 11 is 5.93. The van der Waals surface area contributed by atoms with E-state index in [0.717, 1.165) is 27.7 Å². The Bertz CT molecular complexity index is 1360. The van der Waals surface area contributed by atoms with Crippen LogP contribution in [0.25, 0.3) is 22.2 Å². The van der Waals surface area contributed by atoms with Crippen LogP contribution in [0, 0.1) is 0 Å². The Balaban J connectivity index is 1.31. The summed E-state index contributed by atoms with van der Waals surface area (Å²) in [4.78, 5) is 4.33. The van der Waals surface area contributed by atoms with E-state index in [4.69, 9.17) is 25.5 Å². The highest BCUT2D eigenvalue weighted by atomic mass is 35.5.